The maximum atomic E-state index is 11.8. The van der Waals surface area contributed by atoms with E-state index >= 15 is 0 Å². The second-order valence-electron chi connectivity index (χ2n) is 1.70. The van der Waals surface area contributed by atoms with Crippen LogP contribution in [0.4, 0.5) is 4.39 Å². The van der Waals surface area contributed by atoms with Crippen molar-refractivity contribution in [3.63, 3.8) is 0 Å². The first-order valence-corrected chi connectivity index (χ1v) is 4.84. The average molecular weight is 366 g/mol. The lowest BCUT2D eigenvalue weighted by molar-refractivity contribution is 0.423. The Hall–Kier alpha value is 0.600. The fraction of sp³-hybridized carbons (Fsp3) is 0.400. The van der Waals surface area contributed by atoms with Crippen LogP contribution in [0.1, 0.15) is 0 Å². The molecule has 0 amide bonds. The molecule has 5 heteroatoms. The van der Waals surface area contributed by atoms with Gasteiger partial charge in [-0.25, -0.2) is 4.39 Å². The number of hydrogen-bond donors (Lipinski definition) is 0. The molecule has 0 N–H and O–H groups in total. The van der Waals surface area contributed by atoms with Crippen molar-refractivity contribution in [3.05, 3.63) is 13.5 Å². The largest absolute Gasteiger partial charge is 0.256 e. The van der Waals surface area contributed by atoms with Gasteiger partial charge in [0.15, 0.2) is 0 Å². The number of hydrogen-bond acceptors (Lipinski definition) is 1. The zero-order valence-corrected chi connectivity index (χ0v) is 9.33. The third-order valence-electron chi connectivity index (χ3n) is 1.03. The van der Waals surface area contributed by atoms with Gasteiger partial charge in [-0.3, -0.25) is 4.68 Å². The SMILES string of the molecule is FCCn1ncc(I)c1I. The monoisotopic (exact) mass is 366 g/mol. The molecule has 0 radical (unpaired) electrons. The average Bonchev–Trinajstić information content (AvgIpc) is 2.20. The van der Waals surface area contributed by atoms with Crippen LogP contribution < -0.4 is 0 Å². The number of nitrogens with zero attached hydrogens (tertiary/aromatic N) is 2. The number of aromatic nitrogens is 2. The van der Waals surface area contributed by atoms with E-state index in [1.807, 2.05) is 0 Å². The predicted molar refractivity (Wildman–Crippen MR) is 53.6 cm³/mol. The molecule has 0 aliphatic carbocycles. The van der Waals surface area contributed by atoms with Crippen LogP contribution in [0.3, 0.4) is 0 Å². The predicted octanol–water partition coefficient (Wildman–Crippen LogP) is 2.06. The maximum absolute atomic E-state index is 11.8. The van der Waals surface area contributed by atoms with E-state index < -0.39 is 0 Å². The summed E-state index contributed by atoms with van der Waals surface area (Å²) in [5.41, 5.74) is 0. The van der Waals surface area contributed by atoms with Crippen molar-refractivity contribution in [2.75, 3.05) is 6.67 Å². The van der Waals surface area contributed by atoms with Crippen molar-refractivity contribution >= 4 is 45.2 Å². The lowest BCUT2D eigenvalue weighted by Gasteiger charge is -1.96. The number of aryl methyl sites for hydroxylation is 1. The van der Waals surface area contributed by atoms with Crippen molar-refractivity contribution in [1.82, 2.24) is 9.78 Å². The van der Waals surface area contributed by atoms with Crippen LogP contribution in [-0.2, 0) is 6.54 Å². The third-order valence-corrected chi connectivity index (χ3v) is 3.99. The van der Waals surface area contributed by atoms with Gasteiger partial charge in [-0.15, -0.1) is 0 Å². The molecule has 0 aliphatic heterocycles. The molecular formula is C5H5FI2N2. The van der Waals surface area contributed by atoms with Crippen LogP contribution in [0.25, 0.3) is 0 Å². The van der Waals surface area contributed by atoms with Gasteiger partial charge in [0.1, 0.15) is 10.4 Å². The molecule has 10 heavy (non-hydrogen) atoms. The van der Waals surface area contributed by atoms with Gasteiger partial charge in [-0.1, -0.05) is 0 Å². The van der Waals surface area contributed by atoms with Gasteiger partial charge < -0.3 is 0 Å². The van der Waals surface area contributed by atoms with E-state index in [-0.39, 0.29) is 6.67 Å². The Morgan fingerprint density at radius 2 is 2.30 bits per heavy atom. The van der Waals surface area contributed by atoms with Crippen LogP contribution >= 0.6 is 45.2 Å². The van der Waals surface area contributed by atoms with E-state index in [1.165, 1.54) is 0 Å². The molecule has 1 heterocycles. The van der Waals surface area contributed by atoms with E-state index in [4.69, 9.17) is 0 Å². The summed E-state index contributed by atoms with van der Waals surface area (Å²) in [6.45, 7) is 0.00896. The normalized spacial score (nSPS) is 10.3. The molecule has 0 atom stereocenters. The molecule has 0 fully saturated rings. The summed E-state index contributed by atoms with van der Waals surface area (Å²) >= 11 is 4.32. The molecule has 0 unspecified atom stereocenters. The minimum absolute atomic E-state index is 0.353. The van der Waals surface area contributed by atoms with Crippen molar-refractivity contribution < 1.29 is 4.39 Å². The van der Waals surface area contributed by atoms with E-state index in [1.54, 1.807) is 10.9 Å². The lowest BCUT2D eigenvalue weighted by Crippen LogP contribution is -2.03. The summed E-state index contributed by atoms with van der Waals surface area (Å²) in [6, 6.07) is 0. The molecule has 1 aromatic rings. The van der Waals surface area contributed by atoms with Crippen LogP contribution in [-0.4, -0.2) is 16.5 Å². The molecule has 1 rings (SSSR count). The third kappa shape index (κ3) is 1.80. The van der Waals surface area contributed by atoms with Crippen molar-refractivity contribution in [2.24, 2.45) is 0 Å². The summed E-state index contributed by atoms with van der Waals surface area (Å²) in [5.74, 6) is 0. The Labute approximate surface area is 85.5 Å². The van der Waals surface area contributed by atoms with Gasteiger partial charge in [-0.2, -0.15) is 5.10 Å². The molecule has 0 bridgehead atoms. The Morgan fingerprint density at radius 1 is 1.60 bits per heavy atom. The summed E-state index contributed by atoms with van der Waals surface area (Å²) in [6.07, 6.45) is 1.73. The fourth-order valence-corrected chi connectivity index (χ4v) is 1.49. The van der Waals surface area contributed by atoms with Gasteiger partial charge in [0.25, 0.3) is 0 Å². The summed E-state index contributed by atoms with van der Waals surface area (Å²) in [4.78, 5) is 0. The molecule has 0 saturated carbocycles. The van der Waals surface area contributed by atoms with Gasteiger partial charge in [0, 0.05) is 0 Å². The topological polar surface area (TPSA) is 17.8 Å². The second-order valence-corrected chi connectivity index (χ2v) is 3.88. The second kappa shape index (κ2) is 3.84. The first-order chi connectivity index (χ1) is 4.75. The standard InChI is InChI=1S/C5H5FI2N2/c6-1-2-10-5(8)4(7)3-9-10/h3H,1-2H2. The minimum Gasteiger partial charge on any atom is -0.256 e. The molecule has 0 saturated heterocycles. The molecule has 0 aliphatic rings. The van der Waals surface area contributed by atoms with Gasteiger partial charge in [0.05, 0.1) is 16.3 Å². The van der Waals surface area contributed by atoms with Crippen molar-refractivity contribution in [1.29, 1.82) is 0 Å². The Morgan fingerprint density at radius 3 is 2.70 bits per heavy atom. The summed E-state index contributed by atoms with van der Waals surface area (Å²) < 4.78 is 15.5. The maximum Gasteiger partial charge on any atom is 0.112 e. The highest BCUT2D eigenvalue weighted by Crippen LogP contribution is 2.13. The molecule has 2 nitrogen and oxygen atoms in total. The summed E-state index contributed by atoms with van der Waals surface area (Å²) in [7, 11) is 0. The van der Waals surface area contributed by atoms with Gasteiger partial charge >= 0.3 is 0 Å². The molecule has 0 spiro atoms. The summed E-state index contributed by atoms with van der Waals surface area (Å²) in [5, 5.41) is 3.97. The van der Waals surface area contributed by atoms with Crippen LogP contribution in [0.2, 0.25) is 0 Å². The van der Waals surface area contributed by atoms with Crippen LogP contribution in [0, 0.1) is 7.27 Å². The number of halogens is 3. The highest BCUT2D eigenvalue weighted by Gasteiger charge is 2.02. The quantitative estimate of drug-likeness (QED) is 0.734. The van der Waals surface area contributed by atoms with E-state index in [0.717, 1.165) is 7.27 Å². The molecular weight excluding hydrogens is 361 g/mol. The smallest absolute Gasteiger partial charge is 0.112 e. The highest BCUT2D eigenvalue weighted by molar-refractivity contribution is 14.1. The first-order valence-electron chi connectivity index (χ1n) is 2.68. The molecule has 56 valence electrons. The lowest BCUT2D eigenvalue weighted by atomic mass is 10.7. The zero-order valence-electron chi connectivity index (χ0n) is 5.02. The van der Waals surface area contributed by atoms with E-state index in [0.29, 0.717) is 6.54 Å². The zero-order chi connectivity index (χ0) is 7.56. The molecule has 0 aromatic carbocycles. The van der Waals surface area contributed by atoms with Crippen molar-refractivity contribution in [3.8, 4) is 0 Å². The number of alkyl halides is 1. The highest BCUT2D eigenvalue weighted by atomic mass is 127. The van der Waals surface area contributed by atoms with E-state index in [9.17, 15) is 4.39 Å². The Balaban J connectivity index is 2.83. The Bertz CT molecular complexity index is 223. The van der Waals surface area contributed by atoms with Gasteiger partial charge in [0.2, 0.25) is 0 Å². The van der Waals surface area contributed by atoms with Gasteiger partial charge in [-0.05, 0) is 45.2 Å². The van der Waals surface area contributed by atoms with Crippen molar-refractivity contribution in [2.45, 2.75) is 6.54 Å². The first kappa shape index (κ1) is 8.69. The minimum atomic E-state index is -0.353. The molecule has 1 aromatic heterocycles. The van der Waals surface area contributed by atoms with Crippen LogP contribution in [0.5, 0.6) is 0 Å². The Kier molecular flexibility index (Phi) is 3.34. The number of rotatable bonds is 2. The fourth-order valence-electron chi connectivity index (χ4n) is 0.584. The van der Waals surface area contributed by atoms with E-state index in [2.05, 4.69) is 50.3 Å². The van der Waals surface area contributed by atoms with Crippen LogP contribution in [0.15, 0.2) is 6.20 Å².